The standard InChI is InChI=1S/C6H8N2O3/c7-2-4-1-5(9)3-8(4)6(10)11/h4-5,9H,1,3H2,(H,10,11)/t4-,5+/m0/s1. The van der Waals surface area contributed by atoms with Gasteiger partial charge in [-0.3, -0.25) is 4.90 Å². The fourth-order valence-electron chi connectivity index (χ4n) is 1.15. The van der Waals surface area contributed by atoms with Gasteiger partial charge in [-0.1, -0.05) is 0 Å². The summed E-state index contributed by atoms with van der Waals surface area (Å²) in [5.41, 5.74) is 0. The first-order chi connectivity index (χ1) is 5.15. The largest absolute Gasteiger partial charge is 0.465 e. The number of rotatable bonds is 0. The Kier molecular flexibility index (Phi) is 1.96. The number of nitriles is 1. The van der Waals surface area contributed by atoms with Gasteiger partial charge in [0.25, 0.3) is 0 Å². The Balaban J connectivity index is 2.67. The summed E-state index contributed by atoms with van der Waals surface area (Å²) in [6, 6.07) is 1.13. The number of likely N-dealkylation sites (tertiary alicyclic amines) is 1. The molecule has 0 aromatic rings. The summed E-state index contributed by atoms with van der Waals surface area (Å²) in [5.74, 6) is 0. The molecule has 0 unspecified atom stereocenters. The third kappa shape index (κ3) is 1.41. The minimum Gasteiger partial charge on any atom is -0.465 e. The van der Waals surface area contributed by atoms with Crippen LogP contribution in [0.25, 0.3) is 0 Å². The quantitative estimate of drug-likeness (QED) is 0.500. The molecule has 0 radical (unpaired) electrons. The van der Waals surface area contributed by atoms with Gasteiger partial charge >= 0.3 is 6.09 Å². The van der Waals surface area contributed by atoms with Crippen LogP contribution >= 0.6 is 0 Å². The lowest BCUT2D eigenvalue weighted by molar-refractivity contribution is 0.136. The van der Waals surface area contributed by atoms with E-state index in [1.165, 1.54) is 0 Å². The van der Waals surface area contributed by atoms with Crippen LogP contribution in [0.4, 0.5) is 4.79 Å². The topological polar surface area (TPSA) is 84.6 Å². The van der Waals surface area contributed by atoms with E-state index in [0.29, 0.717) is 0 Å². The van der Waals surface area contributed by atoms with Gasteiger partial charge in [0.1, 0.15) is 6.04 Å². The van der Waals surface area contributed by atoms with Crippen molar-refractivity contribution in [3.05, 3.63) is 0 Å². The predicted molar refractivity (Wildman–Crippen MR) is 34.8 cm³/mol. The third-order valence-corrected chi connectivity index (χ3v) is 1.67. The van der Waals surface area contributed by atoms with E-state index in [2.05, 4.69) is 0 Å². The smallest absolute Gasteiger partial charge is 0.408 e. The maximum atomic E-state index is 10.4. The summed E-state index contributed by atoms with van der Waals surface area (Å²) in [5, 5.41) is 25.9. The van der Waals surface area contributed by atoms with E-state index in [1.807, 2.05) is 6.07 Å². The fourth-order valence-corrected chi connectivity index (χ4v) is 1.15. The number of hydrogen-bond donors (Lipinski definition) is 2. The van der Waals surface area contributed by atoms with Gasteiger partial charge < -0.3 is 10.2 Å². The van der Waals surface area contributed by atoms with Crippen LogP contribution in [0.1, 0.15) is 6.42 Å². The van der Waals surface area contributed by atoms with Crippen LogP contribution in [0.3, 0.4) is 0 Å². The van der Waals surface area contributed by atoms with Crippen LogP contribution in [0.2, 0.25) is 0 Å². The molecule has 1 saturated heterocycles. The Morgan fingerprint density at radius 1 is 1.73 bits per heavy atom. The zero-order valence-electron chi connectivity index (χ0n) is 5.77. The van der Waals surface area contributed by atoms with Crippen molar-refractivity contribution in [1.29, 1.82) is 5.26 Å². The molecule has 11 heavy (non-hydrogen) atoms. The molecule has 1 amide bonds. The molecular weight excluding hydrogens is 148 g/mol. The van der Waals surface area contributed by atoms with Crippen molar-refractivity contribution < 1.29 is 15.0 Å². The average molecular weight is 156 g/mol. The van der Waals surface area contributed by atoms with Crippen molar-refractivity contribution in [2.45, 2.75) is 18.6 Å². The number of β-amino-alcohol motifs (C(OH)–C–C–N with tert-alkyl or cyclic N) is 1. The van der Waals surface area contributed by atoms with Gasteiger partial charge in [0.15, 0.2) is 0 Å². The maximum absolute atomic E-state index is 10.4. The van der Waals surface area contributed by atoms with E-state index in [-0.39, 0.29) is 13.0 Å². The maximum Gasteiger partial charge on any atom is 0.408 e. The Labute approximate surface area is 63.5 Å². The molecule has 5 nitrogen and oxygen atoms in total. The summed E-state index contributed by atoms with van der Waals surface area (Å²) >= 11 is 0. The fraction of sp³-hybridized carbons (Fsp3) is 0.667. The molecule has 1 fully saturated rings. The van der Waals surface area contributed by atoms with Crippen molar-refractivity contribution in [3.8, 4) is 6.07 Å². The zero-order chi connectivity index (χ0) is 8.43. The monoisotopic (exact) mass is 156 g/mol. The third-order valence-electron chi connectivity index (χ3n) is 1.67. The van der Waals surface area contributed by atoms with Crippen molar-refractivity contribution in [2.75, 3.05) is 6.54 Å². The van der Waals surface area contributed by atoms with Crippen LogP contribution in [0.5, 0.6) is 0 Å². The Morgan fingerprint density at radius 2 is 2.36 bits per heavy atom. The van der Waals surface area contributed by atoms with Crippen molar-refractivity contribution in [3.63, 3.8) is 0 Å². The highest BCUT2D eigenvalue weighted by molar-refractivity contribution is 5.66. The van der Waals surface area contributed by atoms with Gasteiger partial charge in [0.05, 0.1) is 18.7 Å². The molecule has 1 aliphatic rings. The van der Waals surface area contributed by atoms with Gasteiger partial charge in [-0.25, -0.2) is 4.79 Å². The highest BCUT2D eigenvalue weighted by Crippen LogP contribution is 2.16. The molecule has 0 aliphatic carbocycles. The van der Waals surface area contributed by atoms with Crippen LogP contribution in [-0.2, 0) is 0 Å². The normalized spacial score (nSPS) is 30.0. The minimum atomic E-state index is -1.15. The highest BCUT2D eigenvalue weighted by Gasteiger charge is 2.33. The molecule has 2 N–H and O–H groups in total. The lowest BCUT2D eigenvalue weighted by Gasteiger charge is -2.13. The van der Waals surface area contributed by atoms with Crippen molar-refractivity contribution in [1.82, 2.24) is 4.90 Å². The van der Waals surface area contributed by atoms with Crippen LogP contribution in [-0.4, -0.2) is 39.9 Å². The molecule has 0 aromatic carbocycles. The van der Waals surface area contributed by atoms with Crippen LogP contribution in [0.15, 0.2) is 0 Å². The second kappa shape index (κ2) is 2.76. The predicted octanol–water partition coefficient (Wildman–Crippen LogP) is -0.377. The molecule has 0 spiro atoms. The summed E-state index contributed by atoms with van der Waals surface area (Å²) in [6.45, 7) is 0.0492. The SMILES string of the molecule is N#C[C@@H]1C[C@@H](O)CN1C(=O)O. The molecule has 1 aliphatic heterocycles. The molecule has 0 saturated carbocycles. The summed E-state index contributed by atoms with van der Waals surface area (Å²) in [6.07, 6.45) is -1.60. The Morgan fingerprint density at radius 3 is 2.73 bits per heavy atom. The summed E-state index contributed by atoms with van der Waals surface area (Å²) in [7, 11) is 0. The Bertz CT molecular complexity index is 210. The molecule has 60 valence electrons. The summed E-state index contributed by atoms with van der Waals surface area (Å²) < 4.78 is 0. The van der Waals surface area contributed by atoms with Crippen molar-refractivity contribution >= 4 is 6.09 Å². The minimum absolute atomic E-state index is 0.0492. The summed E-state index contributed by atoms with van der Waals surface area (Å²) in [4.78, 5) is 11.3. The molecule has 0 bridgehead atoms. The average Bonchev–Trinajstić information content (AvgIpc) is 2.30. The van der Waals surface area contributed by atoms with E-state index in [1.54, 1.807) is 0 Å². The zero-order valence-corrected chi connectivity index (χ0v) is 5.77. The number of amides is 1. The first-order valence-corrected chi connectivity index (χ1v) is 3.22. The number of nitrogens with zero attached hydrogens (tertiary/aromatic N) is 2. The number of aliphatic hydroxyl groups is 1. The molecule has 1 rings (SSSR count). The van der Waals surface area contributed by atoms with Gasteiger partial charge in [-0.15, -0.1) is 0 Å². The van der Waals surface area contributed by atoms with Crippen LogP contribution < -0.4 is 0 Å². The molecular formula is C6H8N2O3. The molecule has 5 heteroatoms. The van der Waals surface area contributed by atoms with E-state index in [9.17, 15) is 4.79 Å². The second-order valence-corrected chi connectivity index (χ2v) is 2.47. The van der Waals surface area contributed by atoms with E-state index in [0.717, 1.165) is 4.90 Å². The first-order valence-electron chi connectivity index (χ1n) is 3.22. The first kappa shape index (κ1) is 7.82. The number of carboxylic acid groups (broad SMARTS) is 1. The van der Waals surface area contributed by atoms with Gasteiger partial charge in [-0.2, -0.15) is 5.26 Å². The Hall–Kier alpha value is -1.28. The number of carbonyl (C=O) groups is 1. The highest BCUT2D eigenvalue weighted by atomic mass is 16.4. The van der Waals surface area contributed by atoms with Crippen molar-refractivity contribution in [2.24, 2.45) is 0 Å². The van der Waals surface area contributed by atoms with Gasteiger partial charge in [-0.05, 0) is 0 Å². The van der Waals surface area contributed by atoms with Gasteiger partial charge in [0.2, 0.25) is 0 Å². The van der Waals surface area contributed by atoms with Crippen LogP contribution in [0, 0.1) is 11.3 Å². The second-order valence-electron chi connectivity index (χ2n) is 2.47. The number of hydrogen-bond acceptors (Lipinski definition) is 3. The lowest BCUT2D eigenvalue weighted by Crippen LogP contribution is -2.33. The van der Waals surface area contributed by atoms with E-state index < -0.39 is 18.2 Å². The lowest BCUT2D eigenvalue weighted by atomic mass is 10.2. The molecule has 2 atom stereocenters. The van der Waals surface area contributed by atoms with E-state index in [4.69, 9.17) is 15.5 Å². The van der Waals surface area contributed by atoms with Gasteiger partial charge in [0, 0.05) is 6.42 Å². The molecule has 0 aromatic heterocycles. The molecule has 1 heterocycles. The number of aliphatic hydroxyl groups excluding tert-OH is 1. The van der Waals surface area contributed by atoms with E-state index >= 15 is 0 Å².